The lowest BCUT2D eigenvalue weighted by Gasteiger charge is -2.21. The molecule has 110 heavy (non-hydrogen) atoms. The number of phosphoric acid groups is 2. The number of hydrogen-bond donors (Lipinski definition) is 3. The summed E-state index contributed by atoms with van der Waals surface area (Å²) in [7, 11) is -10.0. The van der Waals surface area contributed by atoms with Gasteiger partial charge in [-0.05, 0) is 167 Å². The van der Waals surface area contributed by atoms with Gasteiger partial charge in [0.1, 0.15) is 19.3 Å². The summed E-state index contributed by atoms with van der Waals surface area (Å²) in [6.07, 6.45) is 99.0. The lowest BCUT2D eigenvalue weighted by molar-refractivity contribution is -0.161. The Bertz CT molecular complexity index is 2800. The minimum absolute atomic E-state index is 0.00800. The van der Waals surface area contributed by atoms with Gasteiger partial charge in [-0.1, -0.05) is 300 Å². The molecular formula is C91H148O17P2. The SMILES string of the molecule is CCCCC/C=C\C/C=C\C/C=C\C/C=C\C/C=C\CCC(=O)OC[C@H](COP(=O)(O)OC[C@@H](O)COP(=O)(O)OC[C@@H](COC(=O)CCCCCCC/C=C\CCCCCCCC)OC(=O)CCC/C=C\C/C=C\C/C=C\C/C=C\CCCCC)OC(=O)CC/C=C\C/C=C\C/C=C\C/C=C\C/C=C\CCCCC. The largest absolute Gasteiger partial charge is 0.472 e. The summed E-state index contributed by atoms with van der Waals surface area (Å²) >= 11 is 0. The number of allylic oxidation sites excluding steroid dienone is 30. The van der Waals surface area contributed by atoms with Crippen molar-refractivity contribution in [2.45, 2.75) is 329 Å². The maximum Gasteiger partial charge on any atom is 0.472 e. The predicted octanol–water partition coefficient (Wildman–Crippen LogP) is 25.1. The molecule has 0 rings (SSSR count). The van der Waals surface area contributed by atoms with E-state index >= 15 is 0 Å². The number of esters is 4. The van der Waals surface area contributed by atoms with E-state index in [0.29, 0.717) is 44.9 Å². The Kier molecular flexibility index (Phi) is 76.9. The first-order valence-corrected chi connectivity index (χ1v) is 45.0. The molecule has 17 nitrogen and oxygen atoms in total. The average molecular weight is 1580 g/mol. The molecule has 0 aliphatic rings. The average Bonchev–Trinajstić information content (AvgIpc) is 0.907. The number of ether oxygens (including phenoxy) is 4. The third-order valence-electron chi connectivity index (χ3n) is 16.8. The molecule has 0 saturated carbocycles. The lowest BCUT2D eigenvalue weighted by Crippen LogP contribution is -2.30. The molecule has 0 aliphatic heterocycles. The highest BCUT2D eigenvalue weighted by molar-refractivity contribution is 7.47. The Morgan fingerprint density at radius 3 is 0.809 bits per heavy atom. The minimum atomic E-state index is -5.03. The molecule has 0 fully saturated rings. The van der Waals surface area contributed by atoms with Crippen LogP contribution in [-0.2, 0) is 65.4 Å². The van der Waals surface area contributed by atoms with Gasteiger partial charge in [0.15, 0.2) is 12.2 Å². The van der Waals surface area contributed by atoms with Crippen molar-refractivity contribution in [3.63, 3.8) is 0 Å². The number of rotatable bonds is 77. The maximum atomic E-state index is 13.1. The van der Waals surface area contributed by atoms with Gasteiger partial charge in [0.2, 0.25) is 0 Å². The van der Waals surface area contributed by atoms with Crippen LogP contribution in [0.2, 0.25) is 0 Å². The van der Waals surface area contributed by atoms with Crippen LogP contribution in [0.4, 0.5) is 0 Å². The Hall–Kier alpha value is -5.84. The summed E-state index contributed by atoms with van der Waals surface area (Å²) in [4.78, 5) is 73.1. The van der Waals surface area contributed by atoms with E-state index in [2.05, 4.69) is 161 Å². The van der Waals surface area contributed by atoms with Crippen LogP contribution in [0.15, 0.2) is 182 Å². The van der Waals surface area contributed by atoms with E-state index in [4.69, 9.17) is 37.0 Å². The second-order valence-electron chi connectivity index (χ2n) is 27.3. The standard InChI is InChI=1S/C91H148O17P2/c1-5-9-13-17-21-25-29-33-37-40-42-45-48-52-56-60-64-68-72-76-89(94)102-82-87(108-91(96)78-74-70-66-62-58-54-50-46-43-41-38-34-30-26-22-18-14-10-6-2)84-106-110(99,100)104-80-85(92)79-103-109(97,98)105-83-86(81-101-88(93)75-71-67-63-59-55-51-47-36-32-28-24-20-16-12-8-4)107-90(95)77-73-69-65-61-57-53-49-44-39-35-31-27-23-19-15-11-7-3/h21-23,25-27,33-39,42-43,45-47,49,52-54,56,58,61,64-66,68,70,85-87,92H,5-20,24,28-32,40-41,44,48,50-51,55,57,59-60,62-63,67,69,71-84H2,1-4H3,(H,97,98)(H,99,100)/b25-21-,26-22-,27-23-,37-33-,38-34-,39-35-,45-42-,46-43-,47-36-,53-49-,56-52-,58-54-,65-61-,68-64-,70-66-/t85-,86+,87+/m0/s1. The van der Waals surface area contributed by atoms with Crippen molar-refractivity contribution < 1.29 is 80.2 Å². The van der Waals surface area contributed by atoms with Gasteiger partial charge in [0, 0.05) is 25.7 Å². The second kappa shape index (κ2) is 81.2. The van der Waals surface area contributed by atoms with Crippen LogP contribution >= 0.6 is 15.6 Å². The number of carbonyl (C=O) groups excluding carboxylic acids is 4. The van der Waals surface area contributed by atoms with Crippen LogP contribution in [0.25, 0.3) is 0 Å². The molecule has 3 N–H and O–H groups in total. The smallest absolute Gasteiger partial charge is 0.462 e. The fourth-order valence-electron chi connectivity index (χ4n) is 10.4. The monoisotopic (exact) mass is 1580 g/mol. The highest BCUT2D eigenvalue weighted by atomic mass is 31.2. The summed E-state index contributed by atoms with van der Waals surface area (Å²) in [5.74, 6) is -2.46. The molecule has 0 aliphatic carbocycles. The first kappa shape index (κ1) is 104. The molecule has 5 atom stereocenters. The number of unbranched alkanes of at least 4 members (excludes halogenated alkanes) is 21. The highest BCUT2D eigenvalue weighted by Crippen LogP contribution is 2.45. The Morgan fingerprint density at radius 2 is 0.473 bits per heavy atom. The first-order valence-electron chi connectivity index (χ1n) is 42.0. The van der Waals surface area contributed by atoms with Crippen molar-refractivity contribution in [2.24, 2.45) is 0 Å². The summed E-state index contributed by atoms with van der Waals surface area (Å²) < 4.78 is 68.5. The van der Waals surface area contributed by atoms with Gasteiger partial charge in [-0.15, -0.1) is 0 Å². The molecule has 0 aromatic heterocycles. The van der Waals surface area contributed by atoms with Crippen molar-refractivity contribution in [1.29, 1.82) is 0 Å². The van der Waals surface area contributed by atoms with Crippen molar-refractivity contribution >= 4 is 39.5 Å². The number of aliphatic hydroxyl groups is 1. The van der Waals surface area contributed by atoms with Gasteiger partial charge >= 0.3 is 39.5 Å². The summed E-state index contributed by atoms with van der Waals surface area (Å²) in [6.45, 7) is 4.54. The van der Waals surface area contributed by atoms with Crippen LogP contribution in [0.3, 0.4) is 0 Å². The topological polar surface area (TPSA) is 237 Å². The number of hydrogen-bond acceptors (Lipinski definition) is 15. The normalized spacial score (nSPS) is 14.7. The van der Waals surface area contributed by atoms with Gasteiger partial charge in [-0.2, -0.15) is 0 Å². The van der Waals surface area contributed by atoms with Crippen molar-refractivity contribution in [1.82, 2.24) is 0 Å². The quantitative estimate of drug-likeness (QED) is 0.0169. The van der Waals surface area contributed by atoms with Crippen LogP contribution in [0.1, 0.15) is 310 Å². The van der Waals surface area contributed by atoms with Gasteiger partial charge in [-0.3, -0.25) is 37.3 Å². The Balaban J connectivity index is 5.59. The zero-order chi connectivity index (χ0) is 80.3. The molecular weight excluding hydrogens is 1430 g/mol. The van der Waals surface area contributed by atoms with E-state index in [1.54, 1.807) is 0 Å². The summed E-state index contributed by atoms with van der Waals surface area (Å²) in [6, 6.07) is 0. The zero-order valence-corrected chi connectivity index (χ0v) is 70.1. The van der Waals surface area contributed by atoms with Crippen LogP contribution < -0.4 is 0 Å². The zero-order valence-electron chi connectivity index (χ0n) is 68.4. The molecule has 624 valence electrons. The molecule has 0 amide bonds. The van der Waals surface area contributed by atoms with Gasteiger partial charge in [0.05, 0.1) is 26.4 Å². The minimum Gasteiger partial charge on any atom is -0.462 e. The Morgan fingerprint density at radius 1 is 0.255 bits per heavy atom. The van der Waals surface area contributed by atoms with E-state index in [1.807, 2.05) is 48.6 Å². The molecule has 0 saturated heterocycles. The fraction of sp³-hybridized carbons (Fsp3) is 0.626. The predicted molar refractivity (Wildman–Crippen MR) is 454 cm³/mol. The lowest BCUT2D eigenvalue weighted by atomic mass is 10.1. The van der Waals surface area contributed by atoms with E-state index in [9.17, 15) is 43.2 Å². The summed E-state index contributed by atoms with van der Waals surface area (Å²) in [5, 5.41) is 10.7. The van der Waals surface area contributed by atoms with Gasteiger partial charge in [0.25, 0.3) is 0 Å². The summed E-state index contributed by atoms with van der Waals surface area (Å²) in [5.41, 5.74) is 0. The third kappa shape index (κ3) is 80.2. The molecule has 2 unspecified atom stereocenters. The van der Waals surface area contributed by atoms with Crippen LogP contribution in [0.5, 0.6) is 0 Å². The first-order chi connectivity index (χ1) is 53.7. The second-order valence-corrected chi connectivity index (χ2v) is 30.3. The van der Waals surface area contributed by atoms with Crippen LogP contribution in [0, 0.1) is 0 Å². The van der Waals surface area contributed by atoms with Crippen molar-refractivity contribution in [2.75, 3.05) is 39.6 Å². The van der Waals surface area contributed by atoms with Gasteiger partial charge < -0.3 is 33.8 Å². The van der Waals surface area contributed by atoms with E-state index in [-0.39, 0.29) is 25.7 Å². The number of aliphatic hydroxyl groups excluding tert-OH is 1. The van der Waals surface area contributed by atoms with E-state index < -0.39 is 97.5 Å². The van der Waals surface area contributed by atoms with E-state index in [1.165, 1.54) is 96.3 Å². The molecule has 19 heteroatoms. The Labute approximate surface area is 666 Å². The number of carbonyl (C=O) groups is 4. The van der Waals surface area contributed by atoms with Crippen molar-refractivity contribution in [3.05, 3.63) is 182 Å². The maximum absolute atomic E-state index is 13.1. The van der Waals surface area contributed by atoms with E-state index in [0.717, 1.165) is 116 Å². The van der Waals surface area contributed by atoms with Crippen molar-refractivity contribution in [3.8, 4) is 0 Å². The number of phosphoric ester groups is 2. The van der Waals surface area contributed by atoms with Crippen LogP contribution in [-0.4, -0.2) is 96.7 Å². The highest BCUT2D eigenvalue weighted by Gasteiger charge is 2.30. The molecule has 0 heterocycles. The fourth-order valence-corrected chi connectivity index (χ4v) is 12.0. The molecule has 0 aromatic carbocycles. The molecule has 0 aromatic rings. The third-order valence-corrected chi connectivity index (χ3v) is 18.7. The molecule has 0 spiro atoms. The van der Waals surface area contributed by atoms with Gasteiger partial charge in [-0.25, -0.2) is 9.13 Å². The molecule has 0 radical (unpaired) electrons. The molecule has 0 bridgehead atoms.